The molecule has 4 heteroatoms. The Balaban J connectivity index is 2.41. The maximum Gasteiger partial charge on any atom is 0.142 e. The van der Waals surface area contributed by atoms with Gasteiger partial charge in [0.1, 0.15) is 12.4 Å². The lowest BCUT2D eigenvalue weighted by atomic mass is 10.2. The molecule has 0 unspecified atom stereocenters. The molecule has 13 heavy (non-hydrogen) atoms. The smallest absolute Gasteiger partial charge is 0.142 e. The first-order valence-electron chi connectivity index (χ1n) is 4.08. The quantitative estimate of drug-likeness (QED) is 0.715. The average molecular weight is 216 g/mol. The van der Waals surface area contributed by atoms with Crippen molar-refractivity contribution in [2.75, 3.05) is 25.1 Å². The molecule has 0 radical (unpaired) electrons. The summed E-state index contributed by atoms with van der Waals surface area (Å²) in [5.74, 6) is 0.947. The molecular weight excluding hydrogens is 206 g/mol. The van der Waals surface area contributed by atoms with Crippen LogP contribution in [0.15, 0.2) is 23.1 Å². The van der Waals surface area contributed by atoms with Gasteiger partial charge in [0.05, 0.1) is 12.2 Å². The molecule has 0 spiro atoms. The molecule has 2 rings (SSSR count). The number of hydrogen-bond donors (Lipinski definition) is 0. The molecule has 0 saturated heterocycles. The van der Waals surface area contributed by atoms with Gasteiger partial charge in [-0.2, -0.15) is 0 Å². The molecule has 2 nitrogen and oxygen atoms in total. The molecule has 1 aromatic rings. The van der Waals surface area contributed by atoms with E-state index < -0.39 is 0 Å². The fraction of sp³-hybridized carbons (Fsp3) is 0.333. The molecule has 0 aromatic heterocycles. The van der Waals surface area contributed by atoms with Gasteiger partial charge < -0.3 is 9.64 Å². The Morgan fingerprint density at radius 1 is 1.54 bits per heavy atom. The van der Waals surface area contributed by atoms with Crippen molar-refractivity contribution in [1.82, 2.24) is 0 Å². The van der Waals surface area contributed by atoms with Gasteiger partial charge in [0, 0.05) is 11.9 Å². The van der Waals surface area contributed by atoms with E-state index in [9.17, 15) is 0 Å². The SMILES string of the molecule is CN1CCOc2ccc(SCl)cc21. The van der Waals surface area contributed by atoms with Crippen LogP contribution in [0.4, 0.5) is 5.69 Å². The molecular formula is C9H10ClNOS. The maximum absolute atomic E-state index is 5.67. The summed E-state index contributed by atoms with van der Waals surface area (Å²) in [4.78, 5) is 3.23. The summed E-state index contributed by atoms with van der Waals surface area (Å²) in [5, 5.41) is 0. The summed E-state index contributed by atoms with van der Waals surface area (Å²) < 4.78 is 5.50. The van der Waals surface area contributed by atoms with Crippen molar-refractivity contribution in [2.45, 2.75) is 4.90 Å². The molecule has 70 valence electrons. The maximum atomic E-state index is 5.67. The number of fused-ring (bicyclic) bond motifs is 1. The van der Waals surface area contributed by atoms with Crippen molar-refractivity contribution in [2.24, 2.45) is 0 Å². The van der Waals surface area contributed by atoms with E-state index in [2.05, 4.69) is 11.9 Å². The summed E-state index contributed by atoms with van der Waals surface area (Å²) in [6, 6.07) is 5.98. The van der Waals surface area contributed by atoms with Crippen LogP contribution in [0.3, 0.4) is 0 Å². The zero-order chi connectivity index (χ0) is 9.26. The summed E-state index contributed by atoms with van der Waals surface area (Å²) in [6.07, 6.45) is 0. The Morgan fingerprint density at radius 2 is 2.38 bits per heavy atom. The monoisotopic (exact) mass is 215 g/mol. The lowest BCUT2D eigenvalue weighted by Crippen LogP contribution is -2.28. The normalized spacial score (nSPS) is 15.1. The standard InChI is InChI=1S/C9H10ClNOS/c1-11-4-5-12-9-3-2-7(13-10)6-8(9)11/h2-3,6H,4-5H2,1H3. The van der Waals surface area contributed by atoms with Gasteiger partial charge in [0.25, 0.3) is 0 Å². The molecule has 1 aliphatic heterocycles. The lowest BCUT2D eigenvalue weighted by molar-refractivity contribution is 0.311. The fourth-order valence-electron chi connectivity index (χ4n) is 1.38. The van der Waals surface area contributed by atoms with E-state index in [4.69, 9.17) is 15.4 Å². The molecule has 1 aromatic carbocycles. The number of nitrogens with zero attached hydrogens (tertiary/aromatic N) is 1. The second-order valence-corrected chi connectivity index (χ2v) is 4.07. The third kappa shape index (κ3) is 1.71. The van der Waals surface area contributed by atoms with Gasteiger partial charge >= 0.3 is 0 Å². The Bertz CT molecular complexity index is 318. The van der Waals surface area contributed by atoms with E-state index in [1.807, 2.05) is 18.2 Å². The molecule has 0 fully saturated rings. The highest BCUT2D eigenvalue weighted by atomic mass is 35.7. The molecule has 0 atom stereocenters. The number of hydrogen-bond acceptors (Lipinski definition) is 3. The van der Waals surface area contributed by atoms with Gasteiger partial charge in [0.15, 0.2) is 0 Å². The van der Waals surface area contributed by atoms with Crippen LogP contribution in [0.1, 0.15) is 0 Å². The third-order valence-corrected chi connectivity index (χ3v) is 3.08. The summed E-state index contributed by atoms with van der Waals surface area (Å²) in [5.41, 5.74) is 1.12. The van der Waals surface area contributed by atoms with Crippen molar-refractivity contribution >= 4 is 27.3 Å². The number of halogens is 1. The van der Waals surface area contributed by atoms with Crippen molar-refractivity contribution in [3.05, 3.63) is 18.2 Å². The van der Waals surface area contributed by atoms with E-state index in [1.165, 1.54) is 11.0 Å². The van der Waals surface area contributed by atoms with Gasteiger partial charge in [0.2, 0.25) is 0 Å². The van der Waals surface area contributed by atoms with Crippen molar-refractivity contribution < 1.29 is 4.74 Å². The van der Waals surface area contributed by atoms with Gasteiger partial charge in [-0.05, 0) is 39.9 Å². The summed E-state index contributed by atoms with van der Waals surface area (Å²) in [7, 11) is 8.97. The topological polar surface area (TPSA) is 12.5 Å². The fourth-order valence-corrected chi connectivity index (χ4v) is 1.94. The largest absolute Gasteiger partial charge is 0.490 e. The van der Waals surface area contributed by atoms with E-state index in [1.54, 1.807) is 0 Å². The summed E-state index contributed by atoms with van der Waals surface area (Å²) >= 11 is 0. The van der Waals surface area contributed by atoms with E-state index >= 15 is 0 Å². The average Bonchev–Trinajstić information content (AvgIpc) is 2.18. The molecule has 0 amide bonds. The molecule has 1 heterocycles. The molecule has 0 bridgehead atoms. The van der Waals surface area contributed by atoms with Crippen molar-refractivity contribution in [3.8, 4) is 5.75 Å². The zero-order valence-electron chi connectivity index (χ0n) is 7.29. The van der Waals surface area contributed by atoms with Gasteiger partial charge in [-0.3, -0.25) is 0 Å². The number of ether oxygens (including phenoxy) is 1. The Morgan fingerprint density at radius 3 is 3.15 bits per heavy atom. The van der Waals surface area contributed by atoms with Gasteiger partial charge in [-0.25, -0.2) is 0 Å². The van der Waals surface area contributed by atoms with E-state index in [0.29, 0.717) is 0 Å². The third-order valence-electron chi connectivity index (χ3n) is 2.11. The minimum absolute atomic E-state index is 0.761. The predicted molar refractivity (Wildman–Crippen MR) is 56.9 cm³/mol. The zero-order valence-corrected chi connectivity index (χ0v) is 8.86. The predicted octanol–water partition coefficient (Wildman–Crippen LogP) is 2.76. The number of benzene rings is 1. The minimum atomic E-state index is 0.761. The molecule has 0 aliphatic carbocycles. The van der Waals surface area contributed by atoms with E-state index in [-0.39, 0.29) is 0 Å². The van der Waals surface area contributed by atoms with Crippen LogP contribution in [0, 0.1) is 0 Å². The molecule has 0 saturated carbocycles. The highest BCUT2D eigenvalue weighted by Gasteiger charge is 2.14. The van der Waals surface area contributed by atoms with Crippen LogP contribution >= 0.6 is 21.7 Å². The van der Waals surface area contributed by atoms with Crippen LogP contribution in [0.5, 0.6) is 5.75 Å². The van der Waals surface area contributed by atoms with Gasteiger partial charge in [-0.15, -0.1) is 0 Å². The van der Waals surface area contributed by atoms with E-state index in [0.717, 1.165) is 29.5 Å². The number of anilines is 1. The molecule has 0 N–H and O–H groups in total. The highest BCUT2D eigenvalue weighted by Crippen LogP contribution is 2.35. The summed E-state index contributed by atoms with van der Waals surface area (Å²) in [6.45, 7) is 1.69. The van der Waals surface area contributed by atoms with Crippen molar-refractivity contribution in [3.63, 3.8) is 0 Å². The van der Waals surface area contributed by atoms with Crippen LogP contribution in [0.25, 0.3) is 0 Å². The number of likely N-dealkylation sites (N-methyl/N-ethyl adjacent to an activating group) is 1. The second-order valence-electron chi connectivity index (χ2n) is 2.98. The Kier molecular flexibility index (Phi) is 2.56. The van der Waals surface area contributed by atoms with Crippen LogP contribution in [-0.2, 0) is 0 Å². The first-order chi connectivity index (χ1) is 6.31. The first kappa shape index (κ1) is 9.03. The first-order valence-corrected chi connectivity index (χ1v) is 5.72. The van der Waals surface area contributed by atoms with Crippen LogP contribution in [-0.4, -0.2) is 20.2 Å². The van der Waals surface area contributed by atoms with Gasteiger partial charge in [-0.1, -0.05) is 0 Å². The minimum Gasteiger partial charge on any atom is -0.490 e. The van der Waals surface area contributed by atoms with Crippen LogP contribution in [0.2, 0.25) is 0 Å². The number of rotatable bonds is 1. The second kappa shape index (κ2) is 3.68. The van der Waals surface area contributed by atoms with Crippen molar-refractivity contribution in [1.29, 1.82) is 0 Å². The Hall–Kier alpha value is -0.540. The highest BCUT2D eigenvalue weighted by molar-refractivity contribution is 8.21. The Labute approximate surface area is 86.3 Å². The lowest BCUT2D eigenvalue weighted by Gasteiger charge is -2.27. The molecule has 1 aliphatic rings. The van der Waals surface area contributed by atoms with Crippen LogP contribution < -0.4 is 9.64 Å².